The van der Waals surface area contributed by atoms with Gasteiger partial charge in [-0.1, -0.05) is 12.1 Å². The number of carbonyl (C=O) groups excluding carboxylic acids is 1. The van der Waals surface area contributed by atoms with Crippen molar-refractivity contribution >= 4 is 39.7 Å². The topological polar surface area (TPSA) is 101 Å². The predicted octanol–water partition coefficient (Wildman–Crippen LogP) is 1.16. The van der Waals surface area contributed by atoms with Crippen molar-refractivity contribution in [2.75, 3.05) is 22.8 Å². The highest BCUT2D eigenvalue weighted by atomic mass is 35.5. The lowest BCUT2D eigenvalue weighted by Crippen LogP contribution is -2.16. The maximum absolute atomic E-state index is 11.5. The van der Waals surface area contributed by atoms with Gasteiger partial charge in [-0.2, -0.15) is 0 Å². The van der Waals surface area contributed by atoms with E-state index in [1.54, 1.807) is 24.3 Å². The van der Waals surface area contributed by atoms with Crippen molar-refractivity contribution in [2.24, 2.45) is 5.73 Å². The molecule has 0 spiro atoms. The van der Waals surface area contributed by atoms with Crippen LogP contribution in [0.5, 0.6) is 0 Å². The SMILES string of the molecule is CS(=O)(=O)Nc1ccccc1NC(=O)CCCN.Cl. The average molecular weight is 308 g/mol. The number of amides is 1. The van der Waals surface area contributed by atoms with E-state index in [0.29, 0.717) is 30.8 Å². The van der Waals surface area contributed by atoms with Gasteiger partial charge in [0.15, 0.2) is 0 Å². The number of carbonyl (C=O) groups is 1. The maximum atomic E-state index is 11.5. The second-order valence-electron chi connectivity index (χ2n) is 3.86. The fourth-order valence-corrected chi connectivity index (χ4v) is 1.93. The zero-order valence-electron chi connectivity index (χ0n) is 10.5. The van der Waals surface area contributed by atoms with E-state index in [1.807, 2.05) is 0 Å². The molecule has 0 aromatic heterocycles. The van der Waals surface area contributed by atoms with Crippen molar-refractivity contribution in [1.82, 2.24) is 0 Å². The van der Waals surface area contributed by atoms with Gasteiger partial charge in [0, 0.05) is 6.42 Å². The standard InChI is InChI=1S/C11H17N3O3S.ClH/c1-18(16,17)14-10-6-3-2-5-9(10)13-11(15)7-4-8-12;/h2-3,5-6,14H,4,7-8,12H2,1H3,(H,13,15);1H. The van der Waals surface area contributed by atoms with Crippen LogP contribution in [0, 0.1) is 0 Å². The Bertz CT molecular complexity index is 520. The van der Waals surface area contributed by atoms with Crippen LogP contribution in [0.15, 0.2) is 24.3 Å². The lowest BCUT2D eigenvalue weighted by molar-refractivity contribution is -0.116. The summed E-state index contributed by atoms with van der Waals surface area (Å²) in [5.41, 5.74) is 6.10. The molecule has 1 aromatic carbocycles. The molecule has 0 aliphatic heterocycles. The predicted molar refractivity (Wildman–Crippen MR) is 79.1 cm³/mol. The number of halogens is 1. The monoisotopic (exact) mass is 307 g/mol. The van der Waals surface area contributed by atoms with Gasteiger partial charge in [-0.25, -0.2) is 8.42 Å². The number of rotatable bonds is 6. The van der Waals surface area contributed by atoms with Crippen molar-refractivity contribution in [2.45, 2.75) is 12.8 Å². The fraction of sp³-hybridized carbons (Fsp3) is 0.364. The van der Waals surface area contributed by atoms with Crippen LogP contribution >= 0.6 is 12.4 Å². The second-order valence-corrected chi connectivity index (χ2v) is 5.61. The van der Waals surface area contributed by atoms with Gasteiger partial charge in [-0.3, -0.25) is 9.52 Å². The minimum absolute atomic E-state index is 0. The van der Waals surface area contributed by atoms with E-state index in [2.05, 4.69) is 10.0 Å². The first-order valence-corrected chi connectivity index (χ1v) is 7.38. The fourth-order valence-electron chi connectivity index (χ4n) is 1.36. The van der Waals surface area contributed by atoms with E-state index in [9.17, 15) is 13.2 Å². The lowest BCUT2D eigenvalue weighted by atomic mass is 10.2. The van der Waals surface area contributed by atoms with E-state index in [1.165, 1.54) is 0 Å². The van der Waals surface area contributed by atoms with Gasteiger partial charge in [-0.05, 0) is 25.1 Å². The van der Waals surface area contributed by atoms with Crippen molar-refractivity contribution in [1.29, 1.82) is 0 Å². The van der Waals surface area contributed by atoms with Crippen LogP contribution in [0.4, 0.5) is 11.4 Å². The molecule has 0 unspecified atom stereocenters. The zero-order chi connectivity index (χ0) is 13.6. The molecule has 0 atom stereocenters. The third-order valence-electron chi connectivity index (χ3n) is 2.10. The van der Waals surface area contributed by atoms with Crippen LogP contribution < -0.4 is 15.8 Å². The molecule has 0 fully saturated rings. The van der Waals surface area contributed by atoms with E-state index in [4.69, 9.17) is 5.73 Å². The number of para-hydroxylation sites is 2. The highest BCUT2D eigenvalue weighted by molar-refractivity contribution is 7.92. The van der Waals surface area contributed by atoms with Gasteiger partial charge in [-0.15, -0.1) is 12.4 Å². The number of nitrogens with two attached hydrogens (primary N) is 1. The maximum Gasteiger partial charge on any atom is 0.229 e. The number of sulfonamides is 1. The minimum atomic E-state index is -3.37. The van der Waals surface area contributed by atoms with E-state index < -0.39 is 10.0 Å². The summed E-state index contributed by atoms with van der Waals surface area (Å²) in [6.07, 6.45) is 1.96. The molecule has 0 aliphatic rings. The van der Waals surface area contributed by atoms with E-state index in [0.717, 1.165) is 6.26 Å². The largest absolute Gasteiger partial charge is 0.330 e. The molecular weight excluding hydrogens is 290 g/mol. The van der Waals surface area contributed by atoms with Crippen molar-refractivity contribution in [3.8, 4) is 0 Å². The third-order valence-corrected chi connectivity index (χ3v) is 2.70. The molecule has 0 bridgehead atoms. The third kappa shape index (κ3) is 7.00. The highest BCUT2D eigenvalue weighted by Crippen LogP contribution is 2.22. The Labute approximate surface area is 119 Å². The number of anilines is 2. The summed E-state index contributed by atoms with van der Waals surface area (Å²) < 4.78 is 24.7. The molecule has 1 aromatic rings. The van der Waals surface area contributed by atoms with Crippen LogP contribution in [0.2, 0.25) is 0 Å². The summed E-state index contributed by atoms with van der Waals surface area (Å²) in [4.78, 5) is 11.5. The number of hydrogen-bond acceptors (Lipinski definition) is 4. The highest BCUT2D eigenvalue weighted by Gasteiger charge is 2.09. The van der Waals surface area contributed by atoms with Gasteiger partial charge >= 0.3 is 0 Å². The number of nitrogens with one attached hydrogen (secondary N) is 2. The summed E-state index contributed by atoms with van der Waals surface area (Å²) in [7, 11) is -3.37. The smallest absolute Gasteiger partial charge is 0.229 e. The molecule has 0 heterocycles. The van der Waals surface area contributed by atoms with Crippen LogP contribution in [0.25, 0.3) is 0 Å². The Hall–Kier alpha value is -1.31. The molecular formula is C11H18ClN3O3S. The van der Waals surface area contributed by atoms with Gasteiger partial charge in [0.25, 0.3) is 0 Å². The summed E-state index contributed by atoms with van der Waals surface area (Å²) in [5, 5.41) is 2.65. The first-order valence-electron chi connectivity index (χ1n) is 5.49. The van der Waals surface area contributed by atoms with E-state index in [-0.39, 0.29) is 18.3 Å². The summed E-state index contributed by atoms with van der Waals surface area (Å²) in [6, 6.07) is 6.61. The van der Waals surface area contributed by atoms with Crippen LogP contribution in [0.1, 0.15) is 12.8 Å². The Morgan fingerprint density at radius 1 is 1.26 bits per heavy atom. The molecule has 0 aliphatic carbocycles. The van der Waals surface area contributed by atoms with Crippen LogP contribution in [-0.2, 0) is 14.8 Å². The minimum Gasteiger partial charge on any atom is -0.330 e. The number of hydrogen-bond donors (Lipinski definition) is 3. The second kappa shape index (κ2) is 7.98. The summed E-state index contributed by atoms with van der Waals surface area (Å²) in [5.74, 6) is -0.191. The van der Waals surface area contributed by atoms with Gasteiger partial charge < -0.3 is 11.1 Å². The Balaban J connectivity index is 0.00000324. The molecule has 0 radical (unpaired) electrons. The van der Waals surface area contributed by atoms with E-state index >= 15 is 0 Å². The van der Waals surface area contributed by atoms with Crippen molar-refractivity contribution in [3.63, 3.8) is 0 Å². The normalized spacial score (nSPS) is 10.4. The molecule has 8 heteroatoms. The molecule has 1 amide bonds. The Morgan fingerprint density at radius 2 is 1.84 bits per heavy atom. The van der Waals surface area contributed by atoms with Crippen molar-refractivity contribution in [3.05, 3.63) is 24.3 Å². The average Bonchev–Trinajstić information content (AvgIpc) is 2.27. The Morgan fingerprint density at radius 3 is 2.37 bits per heavy atom. The van der Waals surface area contributed by atoms with Gasteiger partial charge in [0.05, 0.1) is 17.6 Å². The first-order chi connectivity index (χ1) is 8.42. The quantitative estimate of drug-likeness (QED) is 0.734. The number of benzene rings is 1. The molecule has 1 rings (SSSR count). The molecule has 108 valence electrons. The van der Waals surface area contributed by atoms with Gasteiger partial charge in [0.1, 0.15) is 0 Å². The summed E-state index contributed by atoms with van der Waals surface area (Å²) >= 11 is 0. The molecule has 6 nitrogen and oxygen atoms in total. The first kappa shape index (κ1) is 17.7. The molecule has 4 N–H and O–H groups in total. The molecule has 0 saturated heterocycles. The summed E-state index contributed by atoms with van der Waals surface area (Å²) in [6.45, 7) is 0.441. The van der Waals surface area contributed by atoms with Gasteiger partial charge in [0.2, 0.25) is 15.9 Å². The van der Waals surface area contributed by atoms with Crippen LogP contribution in [0.3, 0.4) is 0 Å². The molecule has 0 saturated carbocycles. The van der Waals surface area contributed by atoms with Crippen molar-refractivity contribution < 1.29 is 13.2 Å². The Kier molecular flexibility index (Phi) is 7.43. The zero-order valence-corrected chi connectivity index (χ0v) is 12.2. The lowest BCUT2D eigenvalue weighted by Gasteiger charge is -2.11. The molecule has 19 heavy (non-hydrogen) atoms. The van der Waals surface area contributed by atoms with Crippen LogP contribution in [-0.4, -0.2) is 27.1 Å².